The highest BCUT2D eigenvalue weighted by atomic mass is 16.8. The van der Waals surface area contributed by atoms with Crippen LogP contribution >= 0.6 is 0 Å². The van der Waals surface area contributed by atoms with Crippen LogP contribution in [-0.2, 0) is 61.6 Å². The summed E-state index contributed by atoms with van der Waals surface area (Å²) in [6.07, 6.45) is -48.9. The van der Waals surface area contributed by atoms with E-state index in [4.69, 9.17) is 61.6 Å². The summed E-state index contributed by atoms with van der Waals surface area (Å²) < 4.78 is 77.8. The van der Waals surface area contributed by atoms with Crippen LogP contribution in [0.2, 0.25) is 0 Å². The summed E-state index contributed by atoms with van der Waals surface area (Å²) in [6.45, 7) is 3.47. The first kappa shape index (κ1) is 66.9. The van der Waals surface area contributed by atoms with E-state index in [-0.39, 0.29) is 12.5 Å². The summed E-state index contributed by atoms with van der Waals surface area (Å²) in [4.78, 5) is 0. The molecular formula is C48H86O31. The SMILES string of the molecule is CC1C(O)[C@H](O)[C@H](CO)O[C@H]1O[C@@H]1C(O)[C@H](O)C(CO)O[C@@H]1OCC1O[C@@H](O[C@@H]2C(CO)O[C@@H](O[C@@H](C)C(CO)O[C@@H](C)[C@@H](C)CO)[C@@H](C)C2O)[C@H](O)C(O[C@H]2O[C@H](CO)[C@@H](O)C(O)C2O[C@@H]2OC(CO)[C@@H](O)C(O)[C@@H]2C)[C@@H]1O. The molecule has 0 aromatic heterocycles. The van der Waals surface area contributed by atoms with Crippen molar-refractivity contribution in [3.8, 4) is 0 Å². The molecule has 31 heteroatoms. The van der Waals surface area contributed by atoms with Gasteiger partial charge in [0.05, 0.1) is 76.8 Å². The van der Waals surface area contributed by atoms with Crippen LogP contribution in [-0.4, -0.2) is 329 Å². The number of hydrogen-bond acceptors (Lipinski definition) is 31. The highest BCUT2D eigenvalue weighted by molar-refractivity contribution is 4.99. The lowest BCUT2D eigenvalue weighted by molar-refractivity contribution is -0.398. The molecule has 6 aliphatic heterocycles. The summed E-state index contributed by atoms with van der Waals surface area (Å²) in [6, 6.07) is 0. The van der Waals surface area contributed by atoms with Crippen LogP contribution in [0.1, 0.15) is 41.5 Å². The Hall–Kier alpha value is -1.24. The van der Waals surface area contributed by atoms with Crippen LogP contribution in [0.5, 0.6) is 0 Å². The van der Waals surface area contributed by atoms with Crippen molar-refractivity contribution < 1.29 is 153 Å². The molecule has 6 saturated heterocycles. The van der Waals surface area contributed by atoms with E-state index in [0.717, 1.165) is 0 Å². The second kappa shape index (κ2) is 29.7. The number of aliphatic hydroxyl groups excluding tert-OH is 18. The first-order chi connectivity index (χ1) is 37.4. The van der Waals surface area contributed by atoms with Gasteiger partial charge < -0.3 is 153 Å². The zero-order chi connectivity index (χ0) is 58.5. The van der Waals surface area contributed by atoms with Crippen LogP contribution < -0.4 is 0 Å². The van der Waals surface area contributed by atoms with Gasteiger partial charge in [0.2, 0.25) is 0 Å². The Labute approximate surface area is 455 Å². The van der Waals surface area contributed by atoms with Crippen LogP contribution in [0, 0.1) is 23.7 Å². The molecule has 0 bridgehead atoms. The van der Waals surface area contributed by atoms with Gasteiger partial charge in [0.1, 0.15) is 116 Å². The Morgan fingerprint density at radius 2 is 0.734 bits per heavy atom. The molecule has 464 valence electrons. The maximum Gasteiger partial charge on any atom is 0.187 e. The predicted molar refractivity (Wildman–Crippen MR) is 255 cm³/mol. The molecule has 0 amide bonds. The highest BCUT2D eigenvalue weighted by Gasteiger charge is 2.57. The Morgan fingerprint density at radius 3 is 1.20 bits per heavy atom. The van der Waals surface area contributed by atoms with Crippen LogP contribution in [0.25, 0.3) is 0 Å². The highest BCUT2D eigenvalue weighted by Crippen LogP contribution is 2.39. The minimum absolute atomic E-state index is 0.199. The molecule has 6 fully saturated rings. The van der Waals surface area contributed by atoms with E-state index in [1.807, 2.05) is 0 Å². The monoisotopic (exact) mass is 1160 g/mol. The van der Waals surface area contributed by atoms with Crippen LogP contribution in [0.15, 0.2) is 0 Å². The van der Waals surface area contributed by atoms with E-state index in [1.54, 1.807) is 20.8 Å². The van der Waals surface area contributed by atoms with E-state index in [9.17, 15) is 91.9 Å². The van der Waals surface area contributed by atoms with E-state index >= 15 is 0 Å². The molecule has 0 aromatic rings. The fourth-order valence-corrected chi connectivity index (χ4v) is 10.2. The second-order valence-corrected chi connectivity index (χ2v) is 21.4. The smallest absolute Gasteiger partial charge is 0.187 e. The summed E-state index contributed by atoms with van der Waals surface area (Å²) in [5, 5.41) is 194. The lowest BCUT2D eigenvalue weighted by Crippen LogP contribution is -2.67. The van der Waals surface area contributed by atoms with Crippen molar-refractivity contribution >= 4 is 0 Å². The molecule has 79 heavy (non-hydrogen) atoms. The van der Waals surface area contributed by atoms with Crippen molar-refractivity contribution in [1.29, 1.82) is 0 Å². The Kier molecular flexibility index (Phi) is 25.2. The van der Waals surface area contributed by atoms with Crippen molar-refractivity contribution in [2.75, 3.05) is 52.9 Å². The molecule has 31 nitrogen and oxygen atoms in total. The number of aliphatic hydroxyl groups is 18. The molecule has 18 N–H and O–H groups in total. The van der Waals surface area contributed by atoms with Gasteiger partial charge >= 0.3 is 0 Å². The van der Waals surface area contributed by atoms with Crippen LogP contribution in [0.4, 0.5) is 0 Å². The van der Waals surface area contributed by atoms with Crippen molar-refractivity contribution in [1.82, 2.24) is 0 Å². The molecule has 0 aliphatic carbocycles. The van der Waals surface area contributed by atoms with Gasteiger partial charge in [-0.2, -0.15) is 0 Å². The third-order valence-corrected chi connectivity index (χ3v) is 15.9. The predicted octanol–water partition coefficient (Wildman–Crippen LogP) is -9.47. The summed E-state index contributed by atoms with van der Waals surface area (Å²) in [5.74, 6) is -3.46. The molecular weight excluding hydrogens is 1070 g/mol. The number of hydrogen-bond donors (Lipinski definition) is 18. The second-order valence-electron chi connectivity index (χ2n) is 21.4. The van der Waals surface area contributed by atoms with E-state index in [0.29, 0.717) is 0 Å². The molecule has 0 aromatic carbocycles. The van der Waals surface area contributed by atoms with Gasteiger partial charge in [-0.3, -0.25) is 0 Å². The van der Waals surface area contributed by atoms with E-state index in [2.05, 4.69) is 0 Å². The fourth-order valence-electron chi connectivity index (χ4n) is 10.2. The molecule has 0 radical (unpaired) electrons. The molecule has 6 heterocycles. The van der Waals surface area contributed by atoms with Gasteiger partial charge in [0.25, 0.3) is 0 Å². The fraction of sp³-hybridized carbons (Fsp3) is 1.00. The van der Waals surface area contributed by atoms with Crippen molar-refractivity contribution in [2.24, 2.45) is 23.7 Å². The maximum atomic E-state index is 12.2. The van der Waals surface area contributed by atoms with E-state index in [1.165, 1.54) is 20.8 Å². The molecule has 34 atom stereocenters. The van der Waals surface area contributed by atoms with Gasteiger partial charge in [-0.1, -0.05) is 27.7 Å². The van der Waals surface area contributed by atoms with Gasteiger partial charge in [0.15, 0.2) is 37.7 Å². The van der Waals surface area contributed by atoms with Crippen molar-refractivity contribution in [2.45, 2.75) is 226 Å². The zero-order valence-electron chi connectivity index (χ0n) is 44.6. The standard InChI is InChI=1S/C48H86O31/c1-15(7-49)19(5)68-21(8-50)20(6)69-43-18(4)30(58)39(26(13-55)74-43)76-46-38(66)40(77-48-42(37(65)34(62)25(12-54)73-48)79-45-17(3)29(57)32(60)23(10-52)71-45)35(63)27(75-46)14-67-47-41(36(64)33(61)24(11-53)72-47)78-44-16(2)28(56)31(59)22(9-51)70-44/h15-66H,7-14H2,1-6H3/t15-,16?,17-,18-,19-,20-,21?,22-,23?,24?,25+,26?,27?,28?,29?,30?,31+,32+,33+,34+,35+,36?,37?,38+,39+,40?,41+,42?,43+,44-,45-,46-,47-,48+/m0/s1. The lowest BCUT2D eigenvalue weighted by Gasteiger charge is -2.50. The number of rotatable bonds is 24. The summed E-state index contributed by atoms with van der Waals surface area (Å²) in [5.41, 5.74) is 0. The first-order valence-corrected chi connectivity index (χ1v) is 26.6. The quantitative estimate of drug-likeness (QED) is 0.0427. The van der Waals surface area contributed by atoms with Gasteiger partial charge in [-0.25, -0.2) is 0 Å². The summed E-state index contributed by atoms with van der Waals surface area (Å²) >= 11 is 0. The van der Waals surface area contributed by atoms with Crippen molar-refractivity contribution in [3.63, 3.8) is 0 Å². The molecule has 13 unspecified atom stereocenters. The van der Waals surface area contributed by atoms with Gasteiger partial charge in [-0.05, 0) is 13.8 Å². The Bertz CT molecular complexity index is 1780. The average molecular weight is 1160 g/mol. The van der Waals surface area contributed by atoms with Gasteiger partial charge in [-0.15, -0.1) is 0 Å². The maximum absolute atomic E-state index is 12.2. The Balaban J connectivity index is 1.30. The average Bonchev–Trinajstić information content (AvgIpc) is 3.54. The third-order valence-electron chi connectivity index (χ3n) is 15.9. The Morgan fingerprint density at radius 1 is 0.342 bits per heavy atom. The topological polar surface area (TPSA) is 484 Å². The minimum atomic E-state index is -2.18. The van der Waals surface area contributed by atoms with E-state index < -0.39 is 248 Å². The third kappa shape index (κ3) is 14.9. The zero-order valence-corrected chi connectivity index (χ0v) is 44.6. The first-order valence-electron chi connectivity index (χ1n) is 26.6. The molecule has 0 spiro atoms. The molecule has 6 aliphatic rings. The van der Waals surface area contributed by atoms with Gasteiger partial charge in [0, 0.05) is 30.3 Å². The van der Waals surface area contributed by atoms with Crippen LogP contribution in [0.3, 0.4) is 0 Å². The molecule has 0 saturated carbocycles. The normalized spacial score (nSPS) is 48.8. The molecule has 6 rings (SSSR count). The summed E-state index contributed by atoms with van der Waals surface area (Å²) in [7, 11) is 0. The van der Waals surface area contributed by atoms with Crippen molar-refractivity contribution in [3.05, 3.63) is 0 Å². The lowest BCUT2D eigenvalue weighted by atomic mass is 9.91. The number of ether oxygens (including phenoxy) is 13. The minimum Gasteiger partial charge on any atom is -0.396 e. The largest absolute Gasteiger partial charge is 0.396 e.